The Kier molecular flexibility index (Phi) is 7.14. The van der Waals surface area contributed by atoms with Crippen molar-refractivity contribution < 1.29 is 14.7 Å². The zero-order valence-electron chi connectivity index (χ0n) is 20.1. The molecule has 1 aromatic heterocycles. The third-order valence-electron chi connectivity index (χ3n) is 6.29. The number of benzene rings is 3. The van der Waals surface area contributed by atoms with E-state index in [0.29, 0.717) is 22.5 Å². The highest BCUT2D eigenvalue weighted by atomic mass is 16.3. The molecule has 0 bridgehead atoms. The van der Waals surface area contributed by atoms with Gasteiger partial charge in [0.2, 0.25) is 0 Å². The summed E-state index contributed by atoms with van der Waals surface area (Å²) in [6.07, 6.45) is 4.33. The van der Waals surface area contributed by atoms with Gasteiger partial charge < -0.3 is 26.0 Å². The van der Waals surface area contributed by atoms with Gasteiger partial charge >= 0.3 is 0 Å². The number of aromatic amines is 1. The smallest absolute Gasteiger partial charge is 0.258 e. The van der Waals surface area contributed by atoms with Crippen molar-refractivity contribution in [3.63, 3.8) is 0 Å². The van der Waals surface area contributed by atoms with Crippen LogP contribution in [-0.4, -0.2) is 46.3 Å². The average Bonchev–Trinajstić information content (AvgIpc) is 3.47. The Balaban J connectivity index is 1.13. The lowest BCUT2D eigenvalue weighted by molar-refractivity contribution is 0.101. The fourth-order valence-corrected chi connectivity index (χ4v) is 4.17. The number of nitrogens with one attached hydrogen (secondary N) is 4. The number of anilines is 5. The van der Waals surface area contributed by atoms with Crippen LogP contribution in [0.3, 0.4) is 0 Å². The SMILES string of the molecule is O=C(Nc1ccc(Nc2ccc(NC(=O)c3cn[nH]c3)cc2)cc1)c1ccc(N2CCC(O)CC2)cc1. The molecule has 3 aromatic carbocycles. The third-order valence-corrected chi connectivity index (χ3v) is 6.29. The molecule has 2 heterocycles. The summed E-state index contributed by atoms with van der Waals surface area (Å²) in [5.74, 6) is -0.403. The van der Waals surface area contributed by atoms with Crippen LogP contribution in [0.1, 0.15) is 33.6 Å². The molecular formula is C28H28N6O3. The van der Waals surface area contributed by atoms with Crippen LogP contribution in [0, 0.1) is 0 Å². The number of aliphatic hydroxyl groups is 1. The molecule has 1 saturated heterocycles. The van der Waals surface area contributed by atoms with Crippen LogP contribution in [0.5, 0.6) is 0 Å². The predicted octanol–water partition coefficient (Wildman–Crippen LogP) is 4.62. The second-order valence-corrected chi connectivity index (χ2v) is 8.94. The number of aromatic nitrogens is 2. The first kappa shape index (κ1) is 24.1. The van der Waals surface area contributed by atoms with Gasteiger partial charge in [-0.3, -0.25) is 14.7 Å². The highest BCUT2D eigenvalue weighted by molar-refractivity contribution is 6.05. The van der Waals surface area contributed by atoms with E-state index in [-0.39, 0.29) is 17.9 Å². The lowest BCUT2D eigenvalue weighted by Gasteiger charge is -2.31. The van der Waals surface area contributed by atoms with Crippen LogP contribution in [-0.2, 0) is 0 Å². The third kappa shape index (κ3) is 6.14. The van der Waals surface area contributed by atoms with Gasteiger partial charge in [-0.1, -0.05) is 0 Å². The number of hydrogen-bond donors (Lipinski definition) is 5. The first-order chi connectivity index (χ1) is 18.0. The molecule has 0 atom stereocenters. The number of carbonyl (C=O) groups excluding carboxylic acids is 2. The van der Waals surface area contributed by atoms with E-state index in [1.54, 1.807) is 0 Å². The van der Waals surface area contributed by atoms with Crippen molar-refractivity contribution in [2.45, 2.75) is 18.9 Å². The van der Waals surface area contributed by atoms with Crippen molar-refractivity contribution in [1.29, 1.82) is 0 Å². The topological polar surface area (TPSA) is 122 Å². The summed E-state index contributed by atoms with van der Waals surface area (Å²) in [5.41, 5.74) is 5.21. The van der Waals surface area contributed by atoms with Gasteiger partial charge in [0.1, 0.15) is 0 Å². The number of amides is 2. The minimum absolute atomic E-state index is 0.172. The van der Waals surface area contributed by atoms with Crippen molar-refractivity contribution >= 4 is 40.3 Å². The molecular weight excluding hydrogens is 468 g/mol. The summed E-state index contributed by atoms with van der Waals surface area (Å²) in [6, 6.07) is 22.4. The molecule has 0 spiro atoms. The van der Waals surface area contributed by atoms with E-state index < -0.39 is 0 Å². The number of nitrogens with zero attached hydrogens (tertiary/aromatic N) is 2. The van der Waals surface area contributed by atoms with Gasteiger partial charge in [-0.05, 0) is 85.6 Å². The Bertz CT molecular complexity index is 1330. The molecule has 0 aliphatic carbocycles. The molecule has 1 aliphatic heterocycles. The highest BCUT2D eigenvalue weighted by Gasteiger charge is 2.17. The van der Waals surface area contributed by atoms with Crippen LogP contribution in [0.15, 0.2) is 85.2 Å². The largest absolute Gasteiger partial charge is 0.393 e. The van der Waals surface area contributed by atoms with Crippen LogP contribution in [0.25, 0.3) is 0 Å². The Morgan fingerprint density at radius 1 is 0.757 bits per heavy atom. The Hall–Kier alpha value is -4.63. The van der Waals surface area contributed by atoms with E-state index in [4.69, 9.17) is 0 Å². The van der Waals surface area contributed by atoms with Gasteiger partial charge in [0.05, 0.1) is 17.9 Å². The maximum Gasteiger partial charge on any atom is 0.258 e. The standard InChI is InChI=1S/C28H28N6O3/c35-26-13-15-34(16-14-26)25-11-1-19(2-12-25)27(36)32-23-7-3-21(4-8-23)31-22-5-9-24(10-6-22)33-28(37)20-17-29-30-18-20/h1-12,17-18,26,31,35H,13-16H2,(H,29,30)(H,32,36)(H,33,37). The van der Waals surface area contributed by atoms with Crippen LogP contribution < -0.4 is 20.9 Å². The average molecular weight is 497 g/mol. The number of aliphatic hydroxyl groups excluding tert-OH is 1. The molecule has 1 fully saturated rings. The van der Waals surface area contributed by atoms with Gasteiger partial charge in [0, 0.05) is 53.3 Å². The molecule has 5 rings (SSSR count). The normalized spacial score (nSPS) is 13.7. The predicted molar refractivity (Wildman–Crippen MR) is 145 cm³/mol. The lowest BCUT2D eigenvalue weighted by atomic mass is 10.1. The molecule has 5 N–H and O–H groups in total. The Morgan fingerprint density at radius 2 is 1.27 bits per heavy atom. The molecule has 188 valence electrons. The fraction of sp³-hybridized carbons (Fsp3) is 0.179. The maximum absolute atomic E-state index is 12.7. The van der Waals surface area contributed by atoms with Gasteiger partial charge in [-0.15, -0.1) is 0 Å². The zero-order valence-corrected chi connectivity index (χ0v) is 20.1. The maximum atomic E-state index is 12.7. The summed E-state index contributed by atoms with van der Waals surface area (Å²) in [5, 5.41) is 25.1. The van der Waals surface area contributed by atoms with Crippen LogP contribution in [0.2, 0.25) is 0 Å². The summed E-state index contributed by atoms with van der Waals surface area (Å²) >= 11 is 0. The molecule has 1 aliphatic rings. The quantitative estimate of drug-likeness (QED) is 0.255. The number of carbonyl (C=O) groups is 2. The summed E-state index contributed by atoms with van der Waals surface area (Å²) in [7, 11) is 0. The van der Waals surface area contributed by atoms with Crippen molar-refractivity contribution in [3.8, 4) is 0 Å². The molecule has 4 aromatic rings. The lowest BCUT2D eigenvalue weighted by Crippen LogP contribution is -2.35. The molecule has 2 amide bonds. The summed E-state index contributed by atoms with van der Waals surface area (Å²) < 4.78 is 0. The van der Waals surface area contributed by atoms with Gasteiger partial charge in [0.25, 0.3) is 11.8 Å². The second kappa shape index (κ2) is 11.0. The van der Waals surface area contributed by atoms with E-state index in [1.807, 2.05) is 72.8 Å². The molecule has 0 saturated carbocycles. The zero-order chi connectivity index (χ0) is 25.6. The first-order valence-electron chi connectivity index (χ1n) is 12.2. The Morgan fingerprint density at radius 3 is 1.78 bits per heavy atom. The second-order valence-electron chi connectivity index (χ2n) is 8.94. The number of rotatable bonds is 7. The van der Waals surface area contributed by atoms with Crippen molar-refractivity contribution in [2.24, 2.45) is 0 Å². The molecule has 9 heteroatoms. The van der Waals surface area contributed by atoms with E-state index in [9.17, 15) is 14.7 Å². The van der Waals surface area contributed by atoms with E-state index in [1.165, 1.54) is 12.4 Å². The monoisotopic (exact) mass is 496 g/mol. The number of hydrogen-bond acceptors (Lipinski definition) is 6. The summed E-state index contributed by atoms with van der Waals surface area (Å²) in [4.78, 5) is 27.0. The first-order valence-corrected chi connectivity index (χ1v) is 12.2. The van der Waals surface area contributed by atoms with E-state index in [0.717, 1.165) is 43.0 Å². The van der Waals surface area contributed by atoms with Gasteiger partial charge in [-0.25, -0.2) is 0 Å². The van der Waals surface area contributed by atoms with Gasteiger partial charge in [0.15, 0.2) is 0 Å². The van der Waals surface area contributed by atoms with Crippen LogP contribution >= 0.6 is 0 Å². The molecule has 0 unspecified atom stereocenters. The molecule has 9 nitrogen and oxygen atoms in total. The minimum atomic E-state index is -0.231. The highest BCUT2D eigenvalue weighted by Crippen LogP contribution is 2.23. The molecule has 37 heavy (non-hydrogen) atoms. The van der Waals surface area contributed by atoms with E-state index in [2.05, 4.69) is 31.0 Å². The minimum Gasteiger partial charge on any atom is -0.393 e. The summed E-state index contributed by atoms with van der Waals surface area (Å²) in [6.45, 7) is 1.64. The fourth-order valence-electron chi connectivity index (χ4n) is 4.17. The Labute approximate surface area is 214 Å². The molecule has 0 radical (unpaired) electrons. The van der Waals surface area contributed by atoms with E-state index >= 15 is 0 Å². The van der Waals surface area contributed by atoms with Crippen molar-refractivity contribution in [2.75, 3.05) is 33.9 Å². The van der Waals surface area contributed by atoms with Gasteiger partial charge in [-0.2, -0.15) is 5.10 Å². The van der Waals surface area contributed by atoms with Crippen molar-refractivity contribution in [1.82, 2.24) is 10.2 Å². The van der Waals surface area contributed by atoms with Crippen molar-refractivity contribution in [3.05, 3.63) is 96.3 Å². The number of H-pyrrole nitrogens is 1. The number of piperidine rings is 1. The van der Waals surface area contributed by atoms with Crippen LogP contribution in [0.4, 0.5) is 28.4 Å².